The monoisotopic (exact) mass is 272 g/mol. The van der Waals surface area contributed by atoms with E-state index < -0.39 is 0 Å². The van der Waals surface area contributed by atoms with E-state index >= 15 is 0 Å². The summed E-state index contributed by atoms with van der Waals surface area (Å²) in [6, 6.07) is 2.15. The lowest BCUT2D eigenvalue weighted by atomic mass is 9.96. The van der Waals surface area contributed by atoms with Crippen LogP contribution >= 0.6 is 11.8 Å². The van der Waals surface area contributed by atoms with Crippen LogP contribution in [0.4, 0.5) is 0 Å². The van der Waals surface area contributed by atoms with Gasteiger partial charge in [0.25, 0.3) is 0 Å². The lowest BCUT2D eigenvalue weighted by Crippen LogP contribution is -2.60. The first-order valence-electron chi connectivity index (χ1n) is 7.66. The third kappa shape index (κ3) is 4.75. The number of thioether (sulfide) groups is 1. The van der Waals surface area contributed by atoms with Gasteiger partial charge in [0.05, 0.1) is 0 Å². The third-order valence-electron chi connectivity index (χ3n) is 4.22. The van der Waals surface area contributed by atoms with Gasteiger partial charge in [-0.05, 0) is 37.2 Å². The molecule has 1 rings (SSSR count). The summed E-state index contributed by atoms with van der Waals surface area (Å²) in [7, 11) is 0. The van der Waals surface area contributed by atoms with Gasteiger partial charge in [-0.15, -0.1) is 0 Å². The number of piperazine rings is 1. The molecule has 3 heteroatoms. The topological polar surface area (TPSA) is 15.3 Å². The Kier molecular flexibility index (Phi) is 7.66. The van der Waals surface area contributed by atoms with E-state index in [1.165, 1.54) is 37.4 Å². The maximum atomic E-state index is 3.72. The zero-order chi connectivity index (χ0) is 13.5. The van der Waals surface area contributed by atoms with Crippen LogP contribution in [0.15, 0.2) is 0 Å². The first-order valence-corrected chi connectivity index (χ1v) is 8.82. The van der Waals surface area contributed by atoms with Crippen LogP contribution in [-0.2, 0) is 0 Å². The first kappa shape index (κ1) is 16.3. The van der Waals surface area contributed by atoms with Crippen LogP contribution in [-0.4, -0.2) is 47.6 Å². The first-order chi connectivity index (χ1) is 8.60. The Morgan fingerprint density at radius 1 is 1.28 bits per heavy atom. The minimum atomic E-state index is 0.675. The van der Waals surface area contributed by atoms with Gasteiger partial charge in [-0.3, -0.25) is 4.90 Å². The highest BCUT2D eigenvalue weighted by atomic mass is 32.2. The summed E-state index contributed by atoms with van der Waals surface area (Å²) >= 11 is 2.07. The molecule has 0 aromatic carbocycles. The summed E-state index contributed by atoms with van der Waals surface area (Å²) in [4.78, 5) is 2.76. The number of hydrogen-bond donors (Lipinski definition) is 1. The molecule has 0 aliphatic carbocycles. The second-order valence-corrected chi connectivity index (χ2v) is 7.25. The van der Waals surface area contributed by atoms with E-state index in [0.29, 0.717) is 6.04 Å². The van der Waals surface area contributed by atoms with Gasteiger partial charge in [0.2, 0.25) is 0 Å². The molecule has 2 nitrogen and oxygen atoms in total. The molecule has 1 heterocycles. The Balaban J connectivity index is 2.50. The van der Waals surface area contributed by atoms with Crippen molar-refractivity contribution in [2.24, 2.45) is 5.92 Å². The molecule has 0 spiro atoms. The predicted octanol–water partition coefficient (Wildman–Crippen LogP) is 3.23. The molecule has 0 aromatic heterocycles. The zero-order valence-corrected chi connectivity index (χ0v) is 13.7. The molecule has 108 valence electrons. The van der Waals surface area contributed by atoms with E-state index in [9.17, 15) is 0 Å². The van der Waals surface area contributed by atoms with Crippen LogP contribution in [0.5, 0.6) is 0 Å². The van der Waals surface area contributed by atoms with Crippen LogP contribution in [0.1, 0.15) is 47.5 Å². The van der Waals surface area contributed by atoms with Crippen molar-refractivity contribution in [3.05, 3.63) is 0 Å². The molecule has 0 amide bonds. The second-order valence-electron chi connectivity index (χ2n) is 5.85. The molecule has 0 bridgehead atoms. The van der Waals surface area contributed by atoms with Crippen LogP contribution in [0.3, 0.4) is 0 Å². The summed E-state index contributed by atoms with van der Waals surface area (Å²) in [5.74, 6) is 3.30. The van der Waals surface area contributed by atoms with Gasteiger partial charge in [-0.1, -0.05) is 27.7 Å². The predicted molar refractivity (Wildman–Crippen MR) is 84.5 cm³/mol. The molecule has 3 unspecified atom stereocenters. The molecule has 0 saturated carbocycles. The van der Waals surface area contributed by atoms with Crippen molar-refractivity contribution < 1.29 is 0 Å². The van der Waals surface area contributed by atoms with E-state index in [1.807, 2.05) is 0 Å². The normalized spacial score (nSPS) is 27.7. The van der Waals surface area contributed by atoms with Crippen molar-refractivity contribution in [2.75, 3.05) is 24.6 Å². The van der Waals surface area contributed by atoms with E-state index in [4.69, 9.17) is 0 Å². The molecule has 0 radical (unpaired) electrons. The fourth-order valence-corrected chi connectivity index (χ4v) is 3.57. The highest BCUT2D eigenvalue weighted by Gasteiger charge is 2.30. The van der Waals surface area contributed by atoms with Gasteiger partial charge < -0.3 is 5.32 Å². The molecule has 1 fully saturated rings. The average molecular weight is 273 g/mol. The molecule has 1 aliphatic rings. The molecular weight excluding hydrogens is 240 g/mol. The molecule has 0 aromatic rings. The Morgan fingerprint density at radius 3 is 2.56 bits per heavy atom. The molecular formula is C15H32N2S. The Labute approximate surface area is 118 Å². The largest absolute Gasteiger partial charge is 0.311 e. The molecule has 3 atom stereocenters. The summed E-state index contributed by atoms with van der Waals surface area (Å²) in [6.45, 7) is 14.1. The summed E-state index contributed by atoms with van der Waals surface area (Å²) in [6.07, 6.45) is 2.60. The quantitative estimate of drug-likeness (QED) is 0.716. The number of nitrogens with zero attached hydrogens (tertiary/aromatic N) is 1. The summed E-state index contributed by atoms with van der Waals surface area (Å²) in [5, 5.41) is 3.72. The van der Waals surface area contributed by atoms with Gasteiger partial charge in [0.15, 0.2) is 0 Å². The van der Waals surface area contributed by atoms with Gasteiger partial charge in [0.1, 0.15) is 0 Å². The average Bonchev–Trinajstić information content (AvgIpc) is 2.38. The van der Waals surface area contributed by atoms with Crippen molar-refractivity contribution in [2.45, 2.75) is 65.6 Å². The van der Waals surface area contributed by atoms with Crippen LogP contribution < -0.4 is 5.32 Å². The Morgan fingerprint density at radius 2 is 2.00 bits per heavy atom. The van der Waals surface area contributed by atoms with Crippen LogP contribution in [0, 0.1) is 5.92 Å². The third-order valence-corrected chi connectivity index (χ3v) is 5.15. The maximum Gasteiger partial charge on any atom is 0.0221 e. The lowest BCUT2D eigenvalue weighted by Gasteiger charge is -2.44. The van der Waals surface area contributed by atoms with Crippen molar-refractivity contribution in [3.63, 3.8) is 0 Å². The molecule has 1 saturated heterocycles. The van der Waals surface area contributed by atoms with E-state index in [2.05, 4.69) is 56.6 Å². The number of hydrogen-bond acceptors (Lipinski definition) is 3. The number of rotatable bonds is 7. The van der Waals surface area contributed by atoms with Gasteiger partial charge in [0, 0.05) is 31.2 Å². The maximum absolute atomic E-state index is 3.72. The van der Waals surface area contributed by atoms with Crippen molar-refractivity contribution >= 4 is 11.8 Å². The molecule has 1 aliphatic heterocycles. The van der Waals surface area contributed by atoms with Crippen molar-refractivity contribution in [3.8, 4) is 0 Å². The fourth-order valence-electron chi connectivity index (χ4n) is 2.77. The Hall–Kier alpha value is 0.270. The van der Waals surface area contributed by atoms with Gasteiger partial charge in [-0.25, -0.2) is 0 Å². The Bertz CT molecular complexity index is 221. The van der Waals surface area contributed by atoms with E-state index in [1.54, 1.807) is 0 Å². The van der Waals surface area contributed by atoms with E-state index in [-0.39, 0.29) is 0 Å². The van der Waals surface area contributed by atoms with Crippen molar-refractivity contribution in [1.29, 1.82) is 0 Å². The number of nitrogens with one attached hydrogen (secondary N) is 1. The van der Waals surface area contributed by atoms with Gasteiger partial charge >= 0.3 is 0 Å². The van der Waals surface area contributed by atoms with Crippen molar-refractivity contribution in [1.82, 2.24) is 10.2 Å². The zero-order valence-electron chi connectivity index (χ0n) is 12.9. The highest BCUT2D eigenvalue weighted by molar-refractivity contribution is 7.99. The fraction of sp³-hybridized carbons (Fsp3) is 1.00. The lowest BCUT2D eigenvalue weighted by molar-refractivity contribution is 0.0727. The smallest absolute Gasteiger partial charge is 0.0221 e. The summed E-state index contributed by atoms with van der Waals surface area (Å²) in [5.41, 5.74) is 0. The standard InChI is InChI=1S/C15H32N2S/c1-6-14-10-16-15(12(3)4)11-17(14)13(5)8-9-18-7-2/h12-16H,6-11H2,1-5H3. The van der Waals surface area contributed by atoms with E-state index in [0.717, 1.165) is 18.0 Å². The van der Waals surface area contributed by atoms with Crippen LogP contribution in [0.25, 0.3) is 0 Å². The molecule has 18 heavy (non-hydrogen) atoms. The second kappa shape index (κ2) is 8.44. The van der Waals surface area contributed by atoms with Crippen LogP contribution in [0.2, 0.25) is 0 Å². The minimum Gasteiger partial charge on any atom is -0.311 e. The SMILES string of the molecule is CCSCCC(C)N1CC(C(C)C)NCC1CC. The highest BCUT2D eigenvalue weighted by Crippen LogP contribution is 2.20. The summed E-state index contributed by atoms with van der Waals surface area (Å²) < 4.78 is 0. The minimum absolute atomic E-state index is 0.675. The molecule has 1 N–H and O–H groups in total. The van der Waals surface area contributed by atoms with Gasteiger partial charge in [-0.2, -0.15) is 11.8 Å².